The van der Waals surface area contributed by atoms with Gasteiger partial charge in [0.2, 0.25) is 15.9 Å². The lowest BCUT2D eigenvalue weighted by Gasteiger charge is -2.29. The van der Waals surface area contributed by atoms with Crippen LogP contribution in [-0.4, -0.2) is 31.4 Å². The Kier molecular flexibility index (Phi) is 8.18. The third kappa shape index (κ3) is 6.59. The number of carboxylic acids is 1. The molecule has 1 amide bonds. The molecule has 0 unspecified atom stereocenters. The zero-order valence-electron chi connectivity index (χ0n) is 19.8. The van der Waals surface area contributed by atoms with Gasteiger partial charge in [-0.1, -0.05) is 72.8 Å². The largest absolute Gasteiger partial charge is 0.481 e. The fourth-order valence-corrected chi connectivity index (χ4v) is 5.92. The summed E-state index contributed by atoms with van der Waals surface area (Å²) < 4.78 is 28.6. The van der Waals surface area contributed by atoms with Crippen molar-refractivity contribution in [2.24, 2.45) is 5.92 Å². The minimum absolute atomic E-state index is 0.192. The highest BCUT2D eigenvalue weighted by Crippen LogP contribution is 2.28. The summed E-state index contributed by atoms with van der Waals surface area (Å²) in [6.45, 7) is 0. The topological polar surface area (TPSA) is 113 Å². The number of nitrogens with one attached hydrogen (secondary N) is 2. The van der Waals surface area contributed by atoms with Crippen molar-refractivity contribution in [1.82, 2.24) is 10.0 Å². The van der Waals surface area contributed by atoms with E-state index in [2.05, 4.69) is 10.0 Å². The molecule has 3 N–H and O–H groups in total. The second-order valence-electron chi connectivity index (χ2n) is 9.13. The summed E-state index contributed by atoms with van der Waals surface area (Å²) in [5.74, 6) is -1.46. The Morgan fingerprint density at radius 2 is 1.36 bits per heavy atom. The second kappa shape index (κ2) is 11.5. The number of carbonyl (C=O) groups excluding carboxylic acids is 1. The summed E-state index contributed by atoms with van der Waals surface area (Å²) in [7, 11) is -3.68. The number of carboxylic acid groups (broad SMARTS) is 1. The standard InChI is InChI=1S/C28H30N2O5S/c31-27(32)19-26(22-9-5-2-6-10-22)29-28(33)23-11-15-24(16-12-23)30-36(34,35)25-17-13-21(14-18-25)20-7-3-1-4-8-20/h1-10,13-14,17-18,23-24,26,30H,11-12,15-16,19H2,(H,29,33)(H,31,32)/t23-,24-,26-/m1/s1. The van der Waals surface area contributed by atoms with E-state index in [1.807, 2.05) is 48.5 Å². The molecule has 1 aliphatic rings. The molecule has 4 rings (SSSR count). The normalized spacial score (nSPS) is 18.8. The highest BCUT2D eigenvalue weighted by Gasteiger charge is 2.30. The molecule has 1 atom stereocenters. The molecule has 1 fully saturated rings. The first-order valence-electron chi connectivity index (χ1n) is 12.1. The number of carbonyl (C=O) groups is 2. The predicted octanol–water partition coefficient (Wildman–Crippen LogP) is 4.52. The van der Waals surface area contributed by atoms with E-state index in [1.54, 1.807) is 36.4 Å². The van der Waals surface area contributed by atoms with Crippen molar-refractivity contribution in [2.45, 2.75) is 49.1 Å². The summed E-state index contributed by atoms with van der Waals surface area (Å²) in [5, 5.41) is 12.1. The van der Waals surface area contributed by atoms with Crippen molar-refractivity contribution >= 4 is 21.9 Å². The SMILES string of the molecule is O=C(O)C[C@@H](NC(=O)[C@H]1CC[C@H](NS(=O)(=O)c2ccc(-c3ccccc3)cc2)CC1)c1ccccc1. The molecule has 0 radical (unpaired) electrons. The summed E-state index contributed by atoms with van der Waals surface area (Å²) in [6, 6.07) is 24.7. The first-order chi connectivity index (χ1) is 17.3. The molecular weight excluding hydrogens is 476 g/mol. The Balaban J connectivity index is 1.32. The maximum atomic E-state index is 12.9. The van der Waals surface area contributed by atoms with Gasteiger partial charge in [-0.3, -0.25) is 9.59 Å². The average Bonchev–Trinajstić information content (AvgIpc) is 2.89. The van der Waals surface area contributed by atoms with Crippen molar-refractivity contribution in [1.29, 1.82) is 0 Å². The van der Waals surface area contributed by atoms with Gasteiger partial charge < -0.3 is 10.4 Å². The molecule has 188 valence electrons. The molecule has 8 heteroatoms. The molecule has 0 bridgehead atoms. The van der Waals surface area contributed by atoms with Gasteiger partial charge >= 0.3 is 5.97 Å². The van der Waals surface area contributed by atoms with E-state index in [9.17, 15) is 23.1 Å². The molecule has 1 aliphatic carbocycles. The fraction of sp³-hybridized carbons (Fsp3) is 0.286. The lowest BCUT2D eigenvalue weighted by atomic mass is 9.85. The van der Waals surface area contributed by atoms with Crippen LogP contribution in [-0.2, 0) is 19.6 Å². The van der Waals surface area contributed by atoms with Gasteiger partial charge in [-0.15, -0.1) is 0 Å². The number of aliphatic carboxylic acids is 1. The molecule has 0 aromatic heterocycles. The summed E-state index contributed by atoms with van der Waals surface area (Å²) >= 11 is 0. The molecule has 3 aromatic carbocycles. The lowest BCUT2D eigenvalue weighted by Crippen LogP contribution is -2.41. The summed E-state index contributed by atoms with van der Waals surface area (Å²) in [6.07, 6.45) is 1.93. The van der Waals surface area contributed by atoms with Crippen molar-refractivity contribution < 1.29 is 23.1 Å². The van der Waals surface area contributed by atoms with Crippen LogP contribution >= 0.6 is 0 Å². The minimum atomic E-state index is -3.68. The van der Waals surface area contributed by atoms with Crippen molar-refractivity contribution in [3.8, 4) is 11.1 Å². The van der Waals surface area contributed by atoms with E-state index >= 15 is 0 Å². The zero-order chi connectivity index (χ0) is 25.5. The van der Waals surface area contributed by atoms with Gasteiger partial charge in [-0.25, -0.2) is 13.1 Å². The molecule has 1 saturated carbocycles. The first kappa shape index (κ1) is 25.6. The Labute approximate surface area is 211 Å². The Morgan fingerprint density at radius 3 is 1.94 bits per heavy atom. The van der Waals surface area contributed by atoms with E-state index in [0.717, 1.165) is 16.7 Å². The molecule has 0 aliphatic heterocycles. The van der Waals surface area contributed by atoms with Crippen LogP contribution in [0.2, 0.25) is 0 Å². The van der Waals surface area contributed by atoms with Crippen molar-refractivity contribution in [3.05, 3.63) is 90.5 Å². The maximum Gasteiger partial charge on any atom is 0.305 e. The number of benzene rings is 3. The molecule has 0 heterocycles. The van der Waals surface area contributed by atoms with Crippen LogP contribution in [0.4, 0.5) is 0 Å². The summed E-state index contributed by atoms with van der Waals surface area (Å²) in [4.78, 5) is 24.4. The smallest absolute Gasteiger partial charge is 0.305 e. The first-order valence-corrected chi connectivity index (χ1v) is 13.5. The monoisotopic (exact) mass is 506 g/mol. The van der Waals surface area contributed by atoms with Crippen LogP contribution in [0.3, 0.4) is 0 Å². The molecule has 36 heavy (non-hydrogen) atoms. The fourth-order valence-electron chi connectivity index (χ4n) is 4.62. The Hall–Kier alpha value is -3.49. The zero-order valence-corrected chi connectivity index (χ0v) is 20.7. The van der Waals surface area contributed by atoms with E-state index < -0.39 is 22.0 Å². The number of sulfonamides is 1. The number of hydrogen-bond acceptors (Lipinski definition) is 4. The van der Waals surface area contributed by atoms with Gasteiger partial charge in [0.25, 0.3) is 0 Å². The van der Waals surface area contributed by atoms with Crippen LogP contribution in [0, 0.1) is 5.92 Å². The van der Waals surface area contributed by atoms with Gasteiger partial charge in [0.15, 0.2) is 0 Å². The van der Waals surface area contributed by atoms with Crippen LogP contribution in [0.1, 0.15) is 43.7 Å². The predicted molar refractivity (Wildman–Crippen MR) is 138 cm³/mol. The quantitative estimate of drug-likeness (QED) is 0.395. The van der Waals surface area contributed by atoms with Crippen LogP contribution in [0.15, 0.2) is 89.8 Å². The van der Waals surface area contributed by atoms with Crippen LogP contribution in [0.25, 0.3) is 11.1 Å². The summed E-state index contributed by atoms with van der Waals surface area (Å²) in [5.41, 5.74) is 2.70. The van der Waals surface area contributed by atoms with Crippen LogP contribution in [0.5, 0.6) is 0 Å². The molecule has 7 nitrogen and oxygen atoms in total. The number of rotatable bonds is 9. The second-order valence-corrected chi connectivity index (χ2v) is 10.8. The van der Waals surface area contributed by atoms with Crippen molar-refractivity contribution in [3.63, 3.8) is 0 Å². The third-order valence-corrected chi connectivity index (χ3v) is 8.13. The molecule has 0 spiro atoms. The maximum absolute atomic E-state index is 12.9. The molecule has 3 aromatic rings. The number of hydrogen-bond donors (Lipinski definition) is 3. The lowest BCUT2D eigenvalue weighted by molar-refractivity contribution is -0.138. The van der Waals surface area contributed by atoms with Gasteiger partial charge in [-0.2, -0.15) is 0 Å². The highest BCUT2D eigenvalue weighted by atomic mass is 32.2. The Morgan fingerprint density at radius 1 is 0.806 bits per heavy atom. The van der Waals surface area contributed by atoms with Gasteiger partial charge in [0, 0.05) is 12.0 Å². The van der Waals surface area contributed by atoms with E-state index in [-0.39, 0.29) is 29.2 Å². The molecule has 0 saturated heterocycles. The van der Waals surface area contributed by atoms with Gasteiger partial charge in [0.1, 0.15) is 0 Å². The van der Waals surface area contributed by atoms with Crippen LogP contribution < -0.4 is 10.0 Å². The average molecular weight is 507 g/mol. The minimum Gasteiger partial charge on any atom is -0.481 e. The number of amides is 1. The van der Waals surface area contributed by atoms with Gasteiger partial charge in [0.05, 0.1) is 17.4 Å². The van der Waals surface area contributed by atoms with E-state index in [4.69, 9.17) is 0 Å². The van der Waals surface area contributed by atoms with Crippen molar-refractivity contribution in [2.75, 3.05) is 0 Å². The van der Waals surface area contributed by atoms with E-state index in [0.29, 0.717) is 25.7 Å². The Bertz CT molecular complexity index is 1270. The molecular formula is C28H30N2O5S. The highest BCUT2D eigenvalue weighted by molar-refractivity contribution is 7.89. The van der Waals surface area contributed by atoms with Gasteiger partial charge in [-0.05, 0) is 54.5 Å². The third-order valence-electron chi connectivity index (χ3n) is 6.59. The van der Waals surface area contributed by atoms with E-state index in [1.165, 1.54) is 0 Å².